The maximum Gasteiger partial charge on any atom is 0.219 e. The fraction of sp³-hybridized carbons (Fsp3) is 0.125. The Morgan fingerprint density at radius 3 is 2.55 bits per heavy atom. The van der Waals surface area contributed by atoms with Gasteiger partial charge in [0.2, 0.25) is 5.88 Å². The molecule has 0 aliphatic carbocycles. The molecule has 0 spiro atoms. The van der Waals surface area contributed by atoms with Gasteiger partial charge in [-0.05, 0) is 30.7 Å². The topological polar surface area (TPSA) is 83.5 Å². The maximum atomic E-state index is 6.19. The minimum absolute atomic E-state index is 0.0303. The Balaban J connectivity index is 1.48. The summed E-state index contributed by atoms with van der Waals surface area (Å²) in [6.07, 6.45) is 4.86. The van der Waals surface area contributed by atoms with E-state index in [1.54, 1.807) is 35.4 Å². The molecule has 3 heterocycles. The number of pyridine rings is 1. The van der Waals surface area contributed by atoms with Crippen molar-refractivity contribution in [2.75, 3.05) is 0 Å². The minimum Gasteiger partial charge on any atom is -0.437 e. The van der Waals surface area contributed by atoms with Crippen LogP contribution in [0.3, 0.4) is 0 Å². The number of aromatic nitrogens is 7. The summed E-state index contributed by atoms with van der Waals surface area (Å²) in [5.41, 5.74) is 1.95. The van der Waals surface area contributed by atoms with E-state index < -0.39 is 0 Å². The zero-order valence-corrected chi connectivity index (χ0v) is 18.5. The molecule has 33 heavy (non-hydrogen) atoms. The molecule has 2 aromatic carbocycles. The van der Waals surface area contributed by atoms with Gasteiger partial charge in [-0.15, -0.1) is 0 Å². The first-order valence-electron chi connectivity index (χ1n) is 10.4. The van der Waals surface area contributed by atoms with E-state index in [1.807, 2.05) is 41.1 Å². The first-order chi connectivity index (χ1) is 16.2. The second-order valence-corrected chi connectivity index (χ2v) is 7.80. The molecule has 0 aliphatic rings. The molecule has 5 rings (SSSR count). The fourth-order valence-electron chi connectivity index (χ4n) is 3.45. The first kappa shape index (κ1) is 20.8. The molecule has 0 saturated heterocycles. The summed E-state index contributed by atoms with van der Waals surface area (Å²) in [6, 6.07) is 21.1. The summed E-state index contributed by atoms with van der Waals surface area (Å²) in [6.45, 7) is 2.51. The van der Waals surface area contributed by atoms with Crippen molar-refractivity contribution in [3.63, 3.8) is 0 Å². The number of ether oxygens (including phenoxy) is 1. The summed E-state index contributed by atoms with van der Waals surface area (Å²) in [7, 11) is 0. The van der Waals surface area contributed by atoms with Gasteiger partial charge in [-0.3, -0.25) is 0 Å². The van der Waals surface area contributed by atoms with Crippen LogP contribution in [0.2, 0.25) is 5.02 Å². The smallest absolute Gasteiger partial charge is 0.219 e. The number of hydrogen-bond acceptors (Lipinski definition) is 6. The van der Waals surface area contributed by atoms with E-state index in [0.717, 1.165) is 11.1 Å². The van der Waals surface area contributed by atoms with E-state index in [-0.39, 0.29) is 6.04 Å². The van der Waals surface area contributed by atoms with Gasteiger partial charge in [-0.1, -0.05) is 54.1 Å². The first-order valence-corrected chi connectivity index (χ1v) is 10.8. The van der Waals surface area contributed by atoms with Gasteiger partial charge < -0.3 is 4.74 Å². The fourth-order valence-corrected chi connectivity index (χ4v) is 3.62. The minimum atomic E-state index is -0.0303. The molecule has 0 saturated carbocycles. The van der Waals surface area contributed by atoms with Crippen LogP contribution in [0.4, 0.5) is 0 Å². The van der Waals surface area contributed by atoms with Crippen LogP contribution in [-0.4, -0.2) is 34.5 Å². The Morgan fingerprint density at radius 2 is 1.82 bits per heavy atom. The molecule has 0 N–H and O–H groups in total. The van der Waals surface area contributed by atoms with Gasteiger partial charge in [0.1, 0.15) is 24.9 Å². The number of nitrogens with zero attached hydrogens (tertiary/aromatic N) is 7. The number of para-hydroxylation sites is 1. The van der Waals surface area contributed by atoms with Crippen LogP contribution < -0.4 is 4.74 Å². The Bertz CT molecular complexity index is 1340. The van der Waals surface area contributed by atoms with E-state index >= 15 is 0 Å². The largest absolute Gasteiger partial charge is 0.437 e. The SMILES string of the molecule is CC(c1ccccc1)n1nc(Cn2cncn2)nc1-c1ccc(Oc2ccccc2Cl)nc1. The highest BCUT2D eigenvalue weighted by molar-refractivity contribution is 6.32. The Kier molecular flexibility index (Phi) is 5.82. The lowest BCUT2D eigenvalue weighted by Crippen LogP contribution is -2.11. The molecule has 9 heteroatoms. The second kappa shape index (κ2) is 9.22. The molecule has 0 aliphatic heterocycles. The predicted octanol–water partition coefficient (Wildman–Crippen LogP) is 5.03. The highest BCUT2D eigenvalue weighted by Crippen LogP contribution is 2.30. The number of rotatable bonds is 7. The van der Waals surface area contributed by atoms with Crippen molar-refractivity contribution in [3.8, 4) is 23.0 Å². The van der Waals surface area contributed by atoms with Crippen LogP contribution in [0.1, 0.15) is 24.4 Å². The summed E-state index contributed by atoms with van der Waals surface area (Å²) in [5, 5.41) is 9.47. The van der Waals surface area contributed by atoms with Crippen LogP contribution in [0, 0.1) is 0 Å². The molecule has 0 bridgehead atoms. The van der Waals surface area contributed by atoms with Crippen molar-refractivity contribution in [2.24, 2.45) is 0 Å². The number of hydrogen-bond donors (Lipinski definition) is 0. The Hall–Kier alpha value is -4.04. The number of benzene rings is 2. The molecule has 0 amide bonds. The number of halogens is 1. The van der Waals surface area contributed by atoms with Gasteiger partial charge in [-0.2, -0.15) is 10.2 Å². The third kappa shape index (κ3) is 4.61. The quantitative estimate of drug-likeness (QED) is 0.340. The molecule has 1 unspecified atom stereocenters. The van der Waals surface area contributed by atoms with Crippen molar-refractivity contribution in [1.29, 1.82) is 0 Å². The van der Waals surface area contributed by atoms with Crippen molar-refractivity contribution >= 4 is 11.6 Å². The van der Waals surface area contributed by atoms with E-state index in [9.17, 15) is 0 Å². The van der Waals surface area contributed by atoms with Gasteiger partial charge in [0.25, 0.3) is 0 Å². The lowest BCUT2D eigenvalue weighted by atomic mass is 10.1. The Morgan fingerprint density at radius 1 is 1.00 bits per heavy atom. The highest BCUT2D eigenvalue weighted by atomic mass is 35.5. The van der Waals surface area contributed by atoms with Crippen LogP contribution in [0.25, 0.3) is 11.4 Å². The zero-order chi connectivity index (χ0) is 22.6. The summed E-state index contributed by atoms with van der Waals surface area (Å²) >= 11 is 6.19. The molecule has 0 fully saturated rings. The van der Waals surface area contributed by atoms with Crippen molar-refractivity contribution < 1.29 is 4.74 Å². The molecule has 164 valence electrons. The maximum absolute atomic E-state index is 6.19. The van der Waals surface area contributed by atoms with Gasteiger partial charge in [-0.25, -0.2) is 24.3 Å². The van der Waals surface area contributed by atoms with Gasteiger partial charge in [0, 0.05) is 17.8 Å². The lowest BCUT2D eigenvalue weighted by Gasteiger charge is -2.15. The van der Waals surface area contributed by atoms with Gasteiger partial charge in [0.15, 0.2) is 11.6 Å². The van der Waals surface area contributed by atoms with Crippen LogP contribution >= 0.6 is 11.6 Å². The normalized spacial score (nSPS) is 11.9. The molecule has 1 atom stereocenters. The summed E-state index contributed by atoms with van der Waals surface area (Å²) in [5.74, 6) is 2.33. The van der Waals surface area contributed by atoms with E-state index in [2.05, 4.69) is 34.1 Å². The summed E-state index contributed by atoms with van der Waals surface area (Å²) in [4.78, 5) is 13.2. The van der Waals surface area contributed by atoms with E-state index in [1.165, 1.54) is 6.33 Å². The van der Waals surface area contributed by atoms with E-state index in [0.29, 0.717) is 34.8 Å². The zero-order valence-electron chi connectivity index (χ0n) is 17.8. The molecular weight excluding hydrogens is 438 g/mol. The molecular formula is C24H20ClN7O. The standard InChI is InChI=1S/C24H20ClN7O/c1-17(18-7-3-2-4-8-18)32-24(29-22(30-32)14-31-16-26-15-28-31)19-11-12-23(27-13-19)33-21-10-6-5-9-20(21)25/h2-13,15-17H,14H2,1H3. The van der Waals surface area contributed by atoms with Crippen LogP contribution in [0.15, 0.2) is 85.6 Å². The highest BCUT2D eigenvalue weighted by Gasteiger charge is 2.19. The van der Waals surface area contributed by atoms with Crippen molar-refractivity contribution in [2.45, 2.75) is 19.5 Å². The van der Waals surface area contributed by atoms with Crippen LogP contribution in [-0.2, 0) is 6.54 Å². The average molecular weight is 458 g/mol. The third-order valence-corrected chi connectivity index (χ3v) is 5.45. The second-order valence-electron chi connectivity index (χ2n) is 7.39. The van der Waals surface area contributed by atoms with Gasteiger partial charge in [0.05, 0.1) is 11.1 Å². The van der Waals surface area contributed by atoms with Crippen LogP contribution in [0.5, 0.6) is 11.6 Å². The van der Waals surface area contributed by atoms with Crippen molar-refractivity contribution in [3.05, 3.63) is 102 Å². The molecule has 0 radical (unpaired) electrons. The third-order valence-electron chi connectivity index (χ3n) is 5.14. The Labute approximate surface area is 195 Å². The molecule has 5 aromatic rings. The average Bonchev–Trinajstić information content (AvgIpc) is 3.52. The predicted molar refractivity (Wildman–Crippen MR) is 124 cm³/mol. The van der Waals surface area contributed by atoms with E-state index in [4.69, 9.17) is 26.4 Å². The van der Waals surface area contributed by atoms with Crippen molar-refractivity contribution in [1.82, 2.24) is 34.5 Å². The monoisotopic (exact) mass is 457 g/mol. The van der Waals surface area contributed by atoms with Gasteiger partial charge >= 0.3 is 0 Å². The molecule has 8 nitrogen and oxygen atoms in total. The summed E-state index contributed by atoms with van der Waals surface area (Å²) < 4.78 is 9.42. The lowest BCUT2D eigenvalue weighted by molar-refractivity contribution is 0.463. The molecule has 3 aromatic heterocycles.